The van der Waals surface area contributed by atoms with E-state index in [0.29, 0.717) is 26.1 Å². The van der Waals surface area contributed by atoms with Gasteiger partial charge in [0.05, 0.1) is 24.8 Å². The fourth-order valence-corrected chi connectivity index (χ4v) is 2.51. The summed E-state index contributed by atoms with van der Waals surface area (Å²) >= 11 is 1.49. The molecule has 1 rings (SSSR count). The van der Waals surface area contributed by atoms with E-state index in [9.17, 15) is 9.90 Å². The summed E-state index contributed by atoms with van der Waals surface area (Å²) in [7, 11) is 6.96. The molecular weight excluding hydrogens is 278 g/mol. The van der Waals surface area contributed by atoms with E-state index in [1.54, 1.807) is 26.1 Å². The van der Waals surface area contributed by atoms with Gasteiger partial charge in [-0.25, -0.2) is 4.98 Å². The Morgan fingerprint density at radius 1 is 1.50 bits per heavy atom. The van der Waals surface area contributed by atoms with Crippen molar-refractivity contribution in [2.75, 3.05) is 41.4 Å². The zero-order valence-corrected chi connectivity index (χ0v) is 13.3. The van der Waals surface area contributed by atoms with Crippen LogP contribution in [-0.2, 0) is 22.5 Å². The number of rotatable bonds is 8. The number of aromatic nitrogens is 1. The summed E-state index contributed by atoms with van der Waals surface area (Å²) in [5, 5.41) is 12.4. The zero-order valence-electron chi connectivity index (χ0n) is 12.5. The van der Waals surface area contributed by atoms with Crippen LogP contribution in [0, 0.1) is 0 Å². The highest BCUT2D eigenvalue weighted by Gasteiger charge is 2.12. The first-order valence-electron chi connectivity index (χ1n) is 6.41. The Morgan fingerprint density at radius 2 is 2.20 bits per heavy atom. The lowest BCUT2D eigenvalue weighted by atomic mass is 10.3. The van der Waals surface area contributed by atoms with E-state index in [1.165, 1.54) is 11.3 Å². The van der Waals surface area contributed by atoms with Crippen LogP contribution in [0.1, 0.15) is 10.7 Å². The second kappa shape index (κ2) is 8.31. The van der Waals surface area contributed by atoms with Gasteiger partial charge in [0.1, 0.15) is 5.01 Å². The molecule has 0 aliphatic carbocycles. The fourth-order valence-electron chi connectivity index (χ4n) is 1.74. The Kier molecular flexibility index (Phi) is 7.08. The fraction of sp³-hybridized carbons (Fsp3) is 0.692. The monoisotopic (exact) mass is 301 g/mol. The van der Waals surface area contributed by atoms with Crippen LogP contribution >= 0.6 is 11.3 Å². The van der Waals surface area contributed by atoms with E-state index in [2.05, 4.69) is 4.98 Å². The normalized spacial score (nSPS) is 12.7. The highest BCUT2D eigenvalue weighted by molar-refractivity contribution is 7.09. The van der Waals surface area contributed by atoms with E-state index >= 15 is 0 Å². The Bertz CT molecular complexity index is 423. The maximum atomic E-state index is 11.6. The number of thiazole rings is 1. The maximum Gasteiger partial charge on any atom is 0.228 e. The molecule has 0 aliphatic rings. The van der Waals surface area contributed by atoms with Crippen molar-refractivity contribution >= 4 is 17.2 Å². The van der Waals surface area contributed by atoms with Crippen molar-refractivity contribution in [1.82, 2.24) is 14.8 Å². The highest BCUT2D eigenvalue weighted by Crippen LogP contribution is 2.12. The Balaban J connectivity index is 2.45. The lowest BCUT2D eigenvalue weighted by molar-refractivity contribution is -0.127. The molecule has 0 saturated heterocycles. The number of amides is 1. The zero-order chi connectivity index (χ0) is 15.1. The third-order valence-electron chi connectivity index (χ3n) is 2.71. The molecule has 0 aromatic carbocycles. The molecule has 1 atom stereocenters. The van der Waals surface area contributed by atoms with Gasteiger partial charge < -0.3 is 14.7 Å². The van der Waals surface area contributed by atoms with Gasteiger partial charge in [-0.1, -0.05) is 0 Å². The second-order valence-corrected chi connectivity index (χ2v) is 5.95. The van der Waals surface area contributed by atoms with Crippen LogP contribution in [-0.4, -0.2) is 73.3 Å². The summed E-state index contributed by atoms with van der Waals surface area (Å²) in [6, 6.07) is 0. The molecular formula is C13H23N3O3S. The van der Waals surface area contributed by atoms with Crippen LogP contribution in [0.2, 0.25) is 0 Å². The Hall–Kier alpha value is -1.02. The minimum Gasteiger partial charge on any atom is -0.389 e. The summed E-state index contributed by atoms with van der Waals surface area (Å²) in [6.07, 6.45) is -0.161. The SMILES string of the molecule is COCC(O)CN(C)Cc1csc(CC(=O)N(C)C)n1. The van der Waals surface area contributed by atoms with Crippen molar-refractivity contribution in [3.63, 3.8) is 0 Å². The number of hydrogen-bond acceptors (Lipinski definition) is 6. The van der Waals surface area contributed by atoms with E-state index < -0.39 is 6.10 Å². The number of methoxy groups -OCH3 is 1. The lowest BCUT2D eigenvalue weighted by Crippen LogP contribution is -2.31. The number of aliphatic hydroxyl groups excluding tert-OH is 1. The topological polar surface area (TPSA) is 65.9 Å². The first-order chi connectivity index (χ1) is 9.42. The van der Waals surface area contributed by atoms with Crippen molar-refractivity contribution in [3.05, 3.63) is 16.1 Å². The highest BCUT2D eigenvalue weighted by atomic mass is 32.1. The molecule has 7 heteroatoms. The molecule has 1 amide bonds. The van der Waals surface area contributed by atoms with Crippen LogP contribution < -0.4 is 0 Å². The van der Waals surface area contributed by atoms with Crippen molar-refractivity contribution in [2.45, 2.75) is 19.1 Å². The van der Waals surface area contributed by atoms with Gasteiger partial charge >= 0.3 is 0 Å². The van der Waals surface area contributed by atoms with Crippen LogP contribution in [0.5, 0.6) is 0 Å². The first kappa shape index (κ1) is 17.0. The molecule has 0 saturated carbocycles. The molecule has 1 N–H and O–H groups in total. The van der Waals surface area contributed by atoms with Crippen LogP contribution in [0.15, 0.2) is 5.38 Å². The van der Waals surface area contributed by atoms with E-state index in [4.69, 9.17) is 4.74 Å². The maximum absolute atomic E-state index is 11.6. The minimum atomic E-state index is -0.501. The Morgan fingerprint density at radius 3 is 2.80 bits per heavy atom. The number of carbonyl (C=O) groups is 1. The number of hydrogen-bond donors (Lipinski definition) is 1. The third kappa shape index (κ3) is 5.96. The van der Waals surface area contributed by atoms with Crippen molar-refractivity contribution in [3.8, 4) is 0 Å². The number of carbonyl (C=O) groups excluding carboxylic acids is 1. The first-order valence-corrected chi connectivity index (χ1v) is 7.29. The van der Waals surface area contributed by atoms with Gasteiger partial charge in [0.2, 0.25) is 5.91 Å². The van der Waals surface area contributed by atoms with Crippen molar-refractivity contribution in [2.24, 2.45) is 0 Å². The molecule has 114 valence electrons. The van der Waals surface area contributed by atoms with Gasteiger partial charge in [-0.3, -0.25) is 9.69 Å². The van der Waals surface area contributed by atoms with Gasteiger partial charge in [0.15, 0.2) is 0 Å². The molecule has 0 spiro atoms. The summed E-state index contributed by atoms with van der Waals surface area (Å²) in [5.41, 5.74) is 0.920. The van der Waals surface area contributed by atoms with Crippen molar-refractivity contribution < 1.29 is 14.6 Å². The number of ether oxygens (including phenoxy) is 1. The average Bonchev–Trinajstić information content (AvgIpc) is 2.76. The summed E-state index contributed by atoms with van der Waals surface area (Å²) in [6.45, 7) is 1.49. The number of likely N-dealkylation sites (N-methyl/N-ethyl adjacent to an activating group) is 2. The molecule has 1 heterocycles. The molecule has 0 fully saturated rings. The smallest absolute Gasteiger partial charge is 0.228 e. The molecule has 6 nitrogen and oxygen atoms in total. The summed E-state index contributed by atoms with van der Waals surface area (Å²) in [5.74, 6) is 0.0507. The van der Waals surface area contributed by atoms with E-state index in [-0.39, 0.29) is 5.91 Å². The molecule has 1 aromatic heterocycles. The molecule has 1 aromatic rings. The predicted octanol–water partition coefficient (Wildman–Crippen LogP) is 0.213. The van der Waals surface area contributed by atoms with Crippen molar-refractivity contribution in [1.29, 1.82) is 0 Å². The minimum absolute atomic E-state index is 0.0507. The standard InChI is InChI=1S/C13H23N3O3S/c1-15(2)13(18)5-12-14-10(9-20-12)6-16(3)7-11(17)8-19-4/h9,11,17H,5-8H2,1-4H3. The molecule has 1 unspecified atom stereocenters. The van der Waals surface area contributed by atoms with E-state index in [0.717, 1.165) is 10.7 Å². The molecule has 0 aliphatic heterocycles. The van der Waals surface area contributed by atoms with E-state index in [1.807, 2.05) is 17.3 Å². The number of aliphatic hydroxyl groups is 1. The van der Waals surface area contributed by atoms with Gasteiger partial charge in [-0.15, -0.1) is 11.3 Å². The van der Waals surface area contributed by atoms with Crippen LogP contribution in [0.25, 0.3) is 0 Å². The second-order valence-electron chi connectivity index (χ2n) is 5.00. The largest absolute Gasteiger partial charge is 0.389 e. The number of nitrogens with zero attached hydrogens (tertiary/aromatic N) is 3. The van der Waals surface area contributed by atoms with Gasteiger partial charge in [0.25, 0.3) is 0 Å². The summed E-state index contributed by atoms with van der Waals surface area (Å²) < 4.78 is 4.89. The summed E-state index contributed by atoms with van der Waals surface area (Å²) in [4.78, 5) is 19.6. The van der Waals surface area contributed by atoms with Gasteiger partial charge in [0, 0.05) is 39.7 Å². The molecule has 0 bridgehead atoms. The predicted molar refractivity (Wildman–Crippen MR) is 78.7 cm³/mol. The molecule has 0 radical (unpaired) electrons. The third-order valence-corrected chi connectivity index (χ3v) is 3.61. The van der Waals surface area contributed by atoms with Crippen LogP contribution in [0.4, 0.5) is 0 Å². The average molecular weight is 301 g/mol. The lowest BCUT2D eigenvalue weighted by Gasteiger charge is -2.18. The Labute approximate surface area is 124 Å². The van der Waals surface area contributed by atoms with Gasteiger partial charge in [-0.2, -0.15) is 0 Å². The molecule has 20 heavy (non-hydrogen) atoms. The quantitative estimate of drug-likeness (QED) is 0.744. The van der Waals surface area contributed by atoms with Gasteiger partial charge in [-0.05, 0) is 7.05 Å². The van der Waals surface area contributed by atoms with Crippen LogP contribution in [0.3, 0.4) is 0 Å².